The van der Waals surface area contributed by atoms with Gasteiger partial charge >= 0.3 is 0 Å². The normalized spacial score (nSPS) is 14.2. The van der Waals surface area contributed by atoms with E-state index in [0.717, 1.165) is 16.9 Å². The predicted octanol–water partition coefficient (Wildman–Crippen LogP) is 3.37. The largest absolute Gasteiger partial charge is 0.348 e. The summed E-state index contributed by atoms with van der Waals surface area (Å²) in [5, 5.41) is 13.6. The Hall–Kier alpha value is -2.33. The number of nitrogens with one attached hydrogen (secondary N) is 1. The number of benzene rings is 1. The molecule has 0 aliphatic rings. The van der Waals surface area contributed by atoms with Crippen LogP contribution in [-0.2, 0) is 13.6 Å². The van der Waals surface area contributed by atoms with Gasteiger partial charge in [-0.2, -0.15) is 4.80 Å². The molecular weight excluding hydrogens is 340 g/mol. The van der Waals surface area contributed by atoms with E-state index in [1.807, 2.05) is 0 Å². The van der Waals surface area contributed by atoms with Crippen LogP contribution in [0.15, 0.2) is 18.2 Å². The molecule has 0 saturated heterocycles. The topological polar surface area (TPSA) is 55.6 Å². The number of alkyl halides is 6. The summed E-state index contributed by atoms with van der Waals surface area (Å²) >= 11 is 0. The van der Waals surface area contributed by atoms with Gasteiger partial charge in [0.25, 0.3) is 18.8 Å². The van der Waals surface area contributed by atoms with Gasteiger partial charge in [0.15, 0.2) is 12.3 Å². The van der Waals surface area contributed by atoms with E-state index in [9.17, 15) is 26.3 Å². The fourth-order valence-corrected chi connectivity index (χ4v) is 1.99. The molecule has 132 valence electrons. The summed E-state index contributed by atoms with van der Waals surface area (Å²) in [6, 6.07) is 2.77. The van der Waals surface area contributed by atoms with Crippen molar-refractivity contribution in [1.29, 1.82) is 0 Å². The monoisotopic (exact) mass is 353 g/mol. The fourth-order valence-electron chi connectivity index (χ4n) is 1.99. The van der Waals surface area contributed by atoms with E-state index in [1.54, 1.807) is 0 Å². The lowest BCUT2D eigenvalue weighted by atomic mass is 10.00. The van der Waals surface area contributed by atoms with Crippen LogP contribution >= 0.6 is 0 Å². The van der Waals surface area contributed by atoms with Crippen molar-refractivity contribution < 1.29 is 26.3 Å². The maximum Gasteiger partial charge on any atom is 0.273 e. The minimum absolute atomic E-state index is 0.0840. The van der Waals surface area contributed by atoms with Gasteiger partial charge in [0, 0.05) is 6.54 Å². The first-order chi connectivity index (χ1) is 11.3. The second kappa shape index (κ2) is 7.49. The zero-order valence-corrected chi connectivity index (χ0v) is 12.3. The molecule has 2 atom stereocenters. The summed E-state index contributed by atoms with van der Waals surface area (Å²) in [6.07, 6.45) is -12.1. The van der Waals surface area contributed by atoms with Crippen molar-refractivity contribution in [3.8, 4) is 0 Å². The third-order valence-electron chi connectivity index (χ3n) is 3.08. The van der Waals surface area contributed by atoms with Crippen LogP contribution in [0.2, 0.25) is 0 Å². The van der Waals surface area contributed by atoms with Crippen LogP contribution in [0, 0.1) is 0 Å². The molecule has 0 fully saturated rings. The van der Waals surface area contributed by atoms with Crippen molar-refractivity contribution in [3.63, 3.8) is 0 Å². The van der Waals surface area contributed by atoms with Gasteiger partial charge in [-0.3, -0.25) is 0 Å². The molecule has 1 aromatic carbocycles. The fraction of sp³-hybridized carbons (Fsp3) is 0.462. The second-order valence-corrected chi connectivity index (χ2v) is 4.94. The number of rotatable bonds is 7. The lowest BCUT2D eigenvalue weighted by Gasteiger charge is -2.15. The molecule has 0 aliphatic carbocycles. The average molecular weight is 353 g/mol. The standard InChI is InChI=1S/C13H13F6N5/c1-24-22-13(21-23-24)20-5-6-2-7(9(14)11(16)17)4-8(3-6)10(15)12(18)19/h2-4,9-12H,5H2,1H3,(H,20,22). The Morgan fingerprint density at radius 3 is 1.92 bits per heavy atom. The Morgan fingerprint density at radius 1 is 0.958 bits per heavy atom. The van der Waals surface area contributed by atoms with Gasteiger partial charge in [-0.25, -0.2) is 26.3 Å². The van der Waals surface area contributed by atoms with Crippen LogP contribution in [0.5, 0.6) is 0 Å². The maximum atomic E-state index is 13.5. The molecule has 0 aliphatic heterocycles. The molecule has 0 bridgehead atoms. The van der Waals surface area contributed by atoms with Gasteiger partial charge < -0.3 is 5.32 Å². The number of hydrogen-bond acceptors (Lipinski definition) is 4. The molecule has 24 heavy (non-hydrogen) atoms. The molecular formula is C13H13F6N5. The van der Waals surface area contributed by atoms with Crippen molar-refractivity contribution in [3.05, 3.63) is 34.9 Å². The van der Waals surface area contributed by atoms with E-state index < -0.39 is 36.3 Å². The molecule has 1 heterocycles. The first-order valence-corrected chi connectivity index (χ1v) is 6.74. The zero-order valence-electron chi connectivity index (χ0n) is 12.3. The number of hydrogen-bond donors (Lipinski definition) is 1. The highest BCUT2D eigenvalue weighted by Crippen LogP contribution is 2.32. The highest BCUT2D eigenvalue weighted by molar-refractivity contribution is 5.35. The van der Waals surface area contributed by atoms with Crippen LogP contribution in [0.1, 0.15) is 29.0 Å². The van der Waals surface area contributed by atoms with Gasteiger partial charge in [0.1, 0.15) is 0 Å². The molecule has 1 aromatic heterocycles. The van der Waals surface area contributed by atoms with Crippen molar-refractivity contribution in [1.82, 2.24) is 20.2 Å². The van der Waals surface area contributed by atoms with Crippen LogP contribution in [-0.4, -0.2) is 33.1 Å². The zero-order chi connectivity index (χ0) is 17.9. The Labute approximate surface area is 132 Å². The summed E-state index contributed by atoms with van der Waals surface area (Å²) in [4.78, 5) is 1.15. The maximum absolute atomic E-state index is 13.5. The quantitative estimate of drug-likeness (QED) is 0.776. The molecule has 11 heteroatoms. The molecule has 0 radical (unpaired) electrons. The second-order valence-electron chi connectivity index (χ2n) is 4.94. The van der Waals surface area contributed by atoms with Gasteiger partial charge in [-0.05, 0) is 28.0 Å². The number of halogens is 6. The molecule has 0 saturated carbocycles. The van der Waals surface area contributed by atoms with E-state index in [1.165, 1.54) is 7.05 Å². The van der Waals surface area contributed by atoms with E-state index in [0.29, 0.717) is 6.07 Å². The first-order valence-electron chi connectivity index (χ1n) is 6.74. The number of aromatic nitrogens is 4. The molecule has 0 amide bonds. The molecule has 1 N–H and O–H groups in total. The Kier molecular flexibility index (Phi) is 5.62. The average Bonchev–Trinajstić information content (AvgIpc) is 2.96. The molecule has 2 unspecified atom stereocenters. The SMILES string of the molecule is Cn1nnc(NCc2cc(C(F)C(F)F)cc(C(F)C(F)F)c2)n1. The lowest BCUT2D eigenvalue weighted by Crippen LogP contribution is -2.10. The van der Waals surface area contributed by atoms with Crippen molar-refractivity contribution in [2.45, 2.75) is 31.7 Å². The van der Waals surface area contributed by atoms with E-state index in [2.05, 4.69) is 20.7 Å². The summed E-state index contributed by atoms with van der Waals surface area (Å²) in [6.45, 7) is -0.113. The van der Waals surface area contributed by atoms with E-state index in [4.69, 9.17) is 0 Å². The highest BCUT2D eigenvalue weighted by Gasteiger charge is 2.26. The van der Waals surface area contributed by atoms with Crippen molar-refractivity contribution >= 4 is 5.95 Å². The Bertz CT molecular complexity index is 644. The third kappa shape index (κ3) is 4.36. The van der Waals surface area contributed by atoms with Gasteiger partial charge in [0.2, 0.25) is 0 Å². The van der Waals surface area contributed by atoms with Crippen LogP contribution in [0.3, 0.4) is 0 Å². The van der Waals surface area contributed by atoms with Gasteiger partial charge in [0.05, 0.1) is 7.05 Å². The summed E-state index contributed by atoms with van der Waals surface area (Å²) in [5.74, 6) is 0.0840. The molecule has 5 nitrogen and oxygen atoms in total. The van der Waals surface area contributed by atoms with Crippen LogP contribution in [0.25, 0.3) is 0 Å². The smallest absolute Gasteiger partial charge is 0.273 e. The minimum Gasteiger partial charge on any atom is -0.348 e. The molecule has 0 spiro atoms. The van der Waals surface area contributed by atoms with Crippen LogP contribution < -0.4 is 5.32 Å². The van der Waals surface area contributed by atoms with Crippen molar-refractivity contribution in [2.75, 3.05) is 5.32 Å². The summed E-state index contributed by atoms with van der Waals surface area (Å²) in [5.41, 5.74) is -1.02. The molecule has 2 aromatic rings. The Morgan fingerprint density at radius 2 is 1.50 bits per heavy atom. The Balaban J connectivity index is 2.27. The number of tetrazole rings is 1. The first kappa shape index (κ1) is 18.0. The minimum atomic E-state index is -3.35. The summed E-state index contributed by atoms with van der Waals surface area (Å²) in [7, 11) is 1.50. The van der Waals surface area contributed by atoms with Crippen molar-refractivity contribution in [2.24, 2.45) is 7.05 Å². The van der Waals surface area contributed by atoms with E-state index in [-0.39, 0.29) is 18.1 Å². The van der Waals surface area contributed by atoms with Gasteiger partial charge in [-0.1, -0.05) is 17.2 Å². The predicted molar refractivity (Wildman–Crippen MR) is 72.3 cm³/mol. The summed E-state index contributed by atoms with van der Waals surface area (Å²) < 4.78 is 77.2. The number of aryl methyl sites for hydroxylation is 1. The van der Waals surface area contributed by atoms with Crippen LogP contribution in [0.4, 0.5) is 32.3 Å². The lowest BCUT2D eigenvalue weighted by molar-refractivity contribution is 0.0460. The third-order valence-corrected chi connectivity index (χ3v) is 3.08. The number of nitrogens with zero attached hydrogens (tertiary/aromatic N) is 4. The molecule has 2 rings (SSSR count). The van der Waals surface area contributed by atoms with Gasteiger partial charge in [-0.15, -0.1) is 5.10 Å². The number of anilines is 1. The van der Waals surface area contributed by atoms with E-state index >= 15 is 0 Å². The highest BCUT2D eigenvalue weighted by atomic mass is 19.3.